The van der Waals surface area contributed by atoms with Gasteiger partial charge in [-0.25, -0.2) is 17.9 Å². The molecule has 0 aliphatic rings. The maximum absolute atomic E-state index is 12.7. The van der Waals surface area contributed by atoms with Crippen molar-refractivity contribution in [3.8, 4) is 0 Å². The summed E-state index contributed by atoms with van der Waals surface area (Å²) in [5.41, 5.74) is 2.89. The Labute approximate surface area is 193 Å². The zero-order valence-electron chi connectivity index (χ0n) is 19.3. The number of hydrogen-bond acceptors (Lipinski definition) is 6. The minimum atomic E-state index is -3.89. The zero-order chi connectivity index (χ0) is 24.3. The summed E-state index contributed by atoms with van der Waals surface area (Å²) in [5.74, 6) is -0.618. The number of carbonyl (C=O) groups excluding carboxylic acids is 2. The van der Waals surface area contributed by atoms with E-state index in [0.717, 1.165) is 11.4 Å². The van der Waals surface area contributed by atoms with E-state index < -0.39 is 22.6 Å². The fraction of sp³-hybridized carbons (Fsp3) is 0.333. The number of furan rings is 1. The average Bonchev–Trinajstić information content (AvgIpc) is 3.38. The molecular weight excluding hydrogens is 444 g/mol. The first-order chi connectivity index (χ1) is 15.5. The number of Topliss-reactive ketones (excluding diaryl/α,β-unsaturated/α-hetero) is 1. The lowest BCUT2D eigenvalue weighted by Crippen LogP contribution is -2.23. The first-order valence-electron chi connectivity index (χ1n) is 10.5. The summed E-state index contributed by atoms with van der Waals surface area (Å²) < 4.78 is 40.1. The molecule has 2 aromatic heterocycles. The van der Waals surface area contributed by atoms with Gasteiger partial charge in [0, 0.05) is 23.0 Å². The summed E-state index contributed by atoms with van der Waals surface area (Å²) in [6.45, 7) is 9.05. The van der Waals surface area contributed by atoms with Crippen molar-refractivity contribution in [2.24, 2.45) is 0 Å². The van der Waals surface area contributed by atoms with Crippen LogP contribution in [-0.2, 0) is 21.3 Å². The molecule has 0 bridgehead atoms. The molecular formula is C24H28N2O6S. The number of hydrogen-bond donors (Lipinski definition) is 1. The number of sulfonamides is 1. The largest absolute Gasteiger partial charge is 0.468 e. The molecule has 2 heterocycles. The fourth-order valence-electron chi connectivity index (χ4n) is 3.79. The van der Waals surface area contributed by atoms with Crippen molar-refractivity contribution >= 4 is 21.8 Å². The van der Waals surface area contributed by atoms with Crippen molar-refractivity contribution in [3.63, 3.8) is 0 Å². The predicted octanol–water partition coefficient (Wildman–Crippen LogP) is 4.11. The van der Waals surface area contributed by atoms with E-state index in [1.54, 1.807) is 25.1 Å². The van der Waals surface area contributed by atoms with Crippen LogP contribution in [-0.4, -0.2) is 31.3 Å². The van der Waals surface area contributed by atoms with Gasteiger partial charge in [-0.1, -0.05) is 6.07 Å². The smallest absolute Gasteiger partial charge is 0.338 e. The number of ketones is 1. The summed E-state index contributed by atoms with van der Waals surface area (Å²) in [6.07, 6.45) is 1.45. The third-order valence-corrected chi connectivity index (χ3v) is 6.79. The van der Waals surface area contributed by atoms with Crippen molar-refractivity contribution in [2.45, 2.75) is 52.1 Å². The van der Waals surface area contributed by atoms with Gasteiger partial charge in [0.15, 0.2) is 6.61 Å². The van der Waals surface area contributed by atoms with E-state index in [2.05, 4.69) is 4.72 Å². The van der Waals surface area contributed by atoms with Crippen LogP contribution in [0.1, 0.15) is 63.3 Å². The Morgan fingerprint density at radius 3 is 2.42 bits per heavy atom. The Bertz CT molecular complexity index is 1270. The van der Waals surface area contributed by atoms with Gasteiger partial charge in [0.2, 0.25) is 15.8 Å². The molecule has 0 amide bonds. The number of aryl methyl sites for hydroxylation is 2. The highest BCUT2D eigenvalue weighted by Crippen LogP contribution is 2.21. The monoisotopic (exact) mass is 472 g/mol. The number of nitrogens with zero attached hydrogens (tertiary/aromatic N) is 1. The maximum Gasteiger partial charge on any atom is 0.338 e. The Kier molecular flexibility index (Phi) is 7.24. The molecule has 9 heteroatoms. The van der Waals surface area contributed by atoms with Gasteiger partial charge in [0.1, 0.15) is 5.76 Å². The first-order valence-corrected chi connectivity index (χ1v) is 12.0. The van der Waals surface area contributed by atoms with E-state index in [9.17, 15) is 18.0 Å². The Morgan fingerprint density at radius 2 is 1.82 bits per heavy atom. The van der Waals surface area contributed by atoms with Crippen LogP contribution in [0.2, 0.25) is 0 Å². The van der Waals surface area contributed by atoms with Gasteiger partial charge < -0.3 is 13.7 Å². The third kappa shape index (κ3) is 5.43. The number of esters is 1. The number of ether oxygens (including phenoxy) is 1. The molecule has 1 aromatic carbocycles. The predicted molar refractivity (Wildman–Crippen MR) is 123 cm³/mol. The van der Waals surface area contributed by atoms with Crippen LogP contribution in [0.25, 0.3) is 0 Å². The molecule has 0 fully saturated rings. The molecule has 0 aliphatic carbocycles. The summed E-state index contributed by atoms with van der Waals surface area (Å²) in [4.78, 5) is 25.3. The van der Waals surface area contributed by atoms with Crippen molar-refractivity contribution in [3.05, 3.63) is 76.5 Å². The number of nitrogens with one attached hydrogen (secondary N) is 1. The zero-order valence-corrected chi connectivity index (χ0v) is 20.2. The SMILES string of the molecule is Cc1ccc(S(=O)(=O)NCc2ccco2)cc1C(=O)OCC(=O)c1cc(C)n(C(C)C)c1C. The van der Waals surface area contributed by atoms with Crippen molar-refractivity contribution in [1.82, 2.24) is 9.29 Å². The van der Waals surface area contributed by atoms with E-state index >= 15 is 0 Å². The molecule has 176 valence electrons. The Balaban J connectivity index is 1.72. The minimum absolute atomic E-state index is 0.0215. The minimum Gasteiger partial charge on any atom is -0.468 e. The fourth-order valence-corrected chi connectivity index (χ4v) is 4.81. The van der Waals surface area contributed by atoms with Crippen LogP contribution < -0.4 is 4.72 Å². The summed E-state index contributed by atoms with van der Waals surface area (Å²) >= 11 is 0. The molecule has 0 unspecified atom stereocenters. The van der Waals surface area contributed by atoms with E-state index in [0.29, 0.717) is 16.9 Å². The molecule has 0 saturated heterocycles. The quantitative estimate of drug-likeness (QED) is 0.371. The number of rotatable bonds is 9. The highest BCUT2D eigenvalue weighted by atomic mass is 32.2. The van der Waals surface area contributed by atoms with Gasteiger partial charge in [-0.05, 0) is 70.5 Å². The molecule has 3 aromatic rings. The van der Waals surface area contributed by atoms with Gasteiger partial charge in [0.05, 0.1) is 23.3 Å². The van der Waals surface area contributed by atoms with Crippen LogP contribution in [0, 0.1) is 20.8 Å². The Hall–Kier alpha value is -3.17. The van der Waals surface area contributed by atoms with Crippen LogP contribution >= 0.6 is 0 Å². The van der Waals surface area contributed by atoms with Gasteiger partial charge in [-0.15, -0.1) is 0 Å². The van der Waals surface area contributed by atoms with Crippen molar-refractivity contribution < 1.29 is 27.2 Å². The molecule has 1 N–H and O–H groups in total. The van der Waals surface area contributed by atoms with Crippen LogP contribution in [0.15, 0.2) is 52.0 Å². The van der Waals surface area contributed by atoms with E-state index in [-0.39, 0.29) is 28.8 Å². The number of aromatic nitrogens is 1. The molecule has 0 radical (unpaired) electrons. The van der Waals surface area contributed by atoms with Gasteiger partial charge in [-0.2, -0.15) is 0 Å². The first kappa shape index (κ1) is 24.5. The molecule has 0 spiro atoms. The second-order valence-corrected chi connectivity index (χ2v) is 9.90. The molecule has 0 atom stereocenters. The van der Waals surface area contributed by atoms with Crippen molar-refractivity contribution in [1.29, 1.82) is 0 Å². The van der Waals surface area contributed by atoms with E-state index in [1.807, 2.05) is 32.3 Å². The molecule has 8 nitrogen and oxygen atoms in total. The van der Waals surface area contributed by atoms with Crippen LogP contribution in [0.4, 0.5) is 0 Å². The lowest BCUT2D eigenvalue weighted by atomic mass is 10.1. The molecule has 3 rings (SSSR count). The standard InChI is InChI=1S/C24H28N2O6S/c1-15(2)26-17(4)11-22(18(26)5)23(27)14-32-24(28)21-12-20(9-8-16(21)3)33(29,30)25-13-19-7-6-10-31-19/h6-12,15,25H,13-14H2,1-5H3. The topological polar surface area (TPSA) is 108 Å². The van der Waals surface area contributed by atoms with E-state index in [4.69, 9.17) is 9.15 Å². The summed E-state index contributed by atoms with van der Waals surface area (Å²) in [6, 6.07) is 9.47. The van der Waals surface area contributed by atoms with E-state index in [1.165, 1.54) is 24.5 Å². The second-order valence-electron chi connectivity index (χ2n) is 8.13. The lowest BCUT2D eigenvalue weighted by Gasteiger charge is -2.13. The van der Waals surface area contributed by atoms with Crippen molar-refractivity contribution in [2.75, 3.05) is 6.61 Å². The van der Waals surface area contributed by atoms with Gasteiger partial charge in [0.25, 0.3) is 0 Å². The summed E-state index contributed by atoms with van der Waals surface area (Å²) in [7, 11) is -3.89. The molecule has 0 aliphatic heterocycles. The number of benzene rings is 1. The molecule has 0 saturated carbocycles. The molecule has 33 heavy (non-hydrogen) atoms. The van der Waals surface area contributed by atoms with Gasteiger partial charge in [-0.3, -0.25) is 4.79 Å². The normalized spacial score (nSPS) is 11.7. The highest BCUT2D eigenvalue weighted by molar-refractivity contribution is 7.89. The average molecular weight is 473 g/mol. The summed E-state index contributed by atoms with van der Waals surface area (Å²) in [5, 5.41) is 0. The second kappa shape index (κ2) is 9.76. The van der Waals surface area contributed by atoms with Crippen LogP contribution in [0.3, 0.4) is 0 Å². The van der Waals surface area contributed by atoms with Gasteiger partial charge >= 0.3 is 5.97 Å². The Morgan fingerprint density at radius 1 is 1.09 bits per heavy atom. The highest BCUT2D eigenvalue weighted by Gasteiger charge is 2.22. The maximum atomic E-state index is 12.7. The van der Waals surface area contributed by atoms with Crippen LogP contribution in [0.5, 0.6) is 0 Å². The lowest BCUT2D eigenvalue weighted by molar-refractivity contribution is 0.0473. The number of carbonyl (C=O) groups is 2. The third-order valence-electron chi connectivity index (χ3n) is 5.39.